The van der Waals surface area contributed by atoms with Gasteiger partial charge in [-0.3, -0.25) is 4.79 Å². The van der Waals surface area contributed by atoms with E-state index in [1.807, 2.05) is 24.3 Å². The van der Waals surface area contributed by atoms with Gasteiger partial charge in [0.1, 0.15) is 11.9 Å². The second kappa shape index (κ2) is 5.90. The molecule has 2 atom stereocenters. The predicted octanol–water partition coefficient (Wildman–Crippen LogP) is 1.72. The lowest BCUT2D eigenvalue weighted by Gasteiger charge is -2.21. The standard InChI is InChI=1S/C15H16O5/c1-20-12-7-6-9-4-2-3-5-10(9)14(12)15(19)11(16)8-13(17)18/h2-7,11,15-16,19H,8H2,1H3,(H,17,18). The summed E-state index contributed by atoms with van der Waals surface area (Å²) >= 11 is 0. The molecule has 0 aromatic heterocycles. The summed E-state index contributed by atoms with van der Waals surface area (Å²) in [5, 5.41) is 30.4. The van der Waals surface area contributed by atoms with Gasteiger partial charge in [0.05, 0.1) is 19.6 Å². The summed E-state index contributed by atoms with van der Waals surface area (Å²) in [5.74, 6) is -0.753. The van der Waals surface area contributed by atoms with Gasteiger partial charge < -0.3 is 20.1 Å². The molecule has 0 bridgehead atoms. The number of aliphatic hydroxyl groups excluding tert-OH is 2. The fourth-order valence-corrected chi connectivity index (χ4v) is 2.24. The number of aliphatic hydroxyl groups is 2. The van der Waals surface area contributed by atoms with Gasteiger partial charge in [-0.15, -0.1) is 0 Å². The maximum Gasteiger partial charge on any atom is 0.306 e. The summed E-state index contributed by atoms with van der Waals surface area (Å²) in [6.07, 6.45) is -3.26. The van der Waals surface area contributed by atoms with Gasteiger partial charge in [-0.05, 0) is 16.8 Å². The van der Waals surface area contributed by atoms with Gasteiger partial charge in [0.2, 0.25) is 0 Å². The molecule has 0 aliphatic rings. The van der Waals surface area contributed by atoms with Crippen molar-refractivity contribution in [3.05, 3.63) is 42.0 Å². The fraction of sp³-hybridized carbons (Fsp3) is 0.267. The molecule has 3 N–H and O–H groups in total. The molecular weight excluding hydrogens is 260 g/mol. The van der Waals surface area contributed by atoms with E-state index in [2.05, 4.69) is 0 Å². The number of ether oxygens (including phenoxy) is 1. The number of carbonyl (C=O) groups is 1. The highest BCUT2D eigenvalue weighted by Crippen LogP contribution is 2.35. The monoisotopic (exact) mass is 276 g/mol. The largest absolute Gasteiger partial charge is 0.496 e. The van der Waals surface area contributed by atoms with Crippen LogP contribution in [-0.2, 0) is 4.79 Å². The van der Waals surface area contributed by atoms with Crippen LogP contribution in [0.2, 0.25) is 0 Å². The van der Waals surface area contributed by atoms with Crippen LogP contribution in [0, 0.1) is 0 Å². The number of carboxylic acid groups (broad SMARTS) is 1. The molecule has 0 fully saturated rings. The number of aliphatic carboxylic acids is 1. The third-order valence-electron chi connectivity index (χ3n) is 3.19. The Bertz CT molecular complexity index is 623. The van der Waals surface area contributed by atoms with Crippen molar-refractivity contribution in [2.24, 2.45) is 0 Å². The Balaban J connectivity index is 2.52. The van der Waals surface area contributed by atoms with E-state index < -0.39 is 24.6 Å². The summed E-state index contributed by atoms with van der Waals surface area (Å²) in [7, 11) is 1.46. The Morgan fingerprint density at radius 1 is 1.20 bits per heavy atom. The Labute approximate surface area is 116 Å². The zero-order valence-electron chi connectivity index (χ0n) is 11.0. The molecule has 0 radical (unpaired) electrons. The van der Waals surface area contributed by atoms with Crippen LogP contribution in [0.3, 0.4) is 0 Å². The van der Waals surface area contributed by atoms with Gasteiger partial charge in [-0.2, -0.15) is 0 Å². The molecule has 2 aromatic rings. The Hall–Kier alpha value is -2.11. The number of methoxy groups -OCH3 is 1. The van der Waals surface area contributed by atoms with Crippen molar-refractivity contribution in [1.82, 2.24) is 0 Å². The summed E-state index contributed by atoms with van der Waals surface area (Å²) in [4.78, 5) is 10.7. The van der Waals surface area contributed by atoms with Crippen LogP contribution >= 0.6 is 0 Å². The smallest absolute Gasteiger partial charge is 0.306 e. The second-order valence-corrected chi connectivity index (χ2v) is 4.51. The van der Waals surface area contributed by atoms with Crippen molar-refractivity contribution < 1.29 is 24.9 Å². The Morgan fingerprint density at radius 3 is 2.55 bits per heavy atom. The van der Waals surface area contributed by atoms with Crippen LogP contribution in [-0.4, -0.2) is 34.5 Å². The van der Waals surface area contributed by atoms with Gasteiger partial charge in [-0.25, -0.2) is 0 Å². The van der Waals surface area contributed by atoms with Crippen molar-refractivity contribution in [1.29, 1.82) is 0 Å². The first-order valence-electron chi connectivity index (χ1n) is 6.18. The van der Waals surface area contributed by atoms with E-state index in [0.29, 0.717) is 11.3 Å². The highest BCUT2D eigenvalue weighted by molar-refractivity contribution is 5.88. The highest BCUT2D eigenvalue weighted by atomic mass is 16.5. The molecule has 2 rings (SSSR count). The number of fused-ring (bicyclic) bond motifs is 1. The lowest BCUT2D eigenvalue weighted by molar-refractivity contribution is -0.141. The van der Waals surface area contributed by atoms with E-state index in [0.717, 1.165) is 10.8 Å². The summed E-state index contributed by atoms with van der Waals surface area (Å²) in [6.45, 7) is 0. The first-order chi connectivity index (χ1) is 9.54. The topological polar surface area (TPSA) is 87.0 Å². The minimum absolute atomic E-state index is 0.402. The Kier molecular flexibility index (Phi) is 4.22. The molecule has 0 saturated heterocycles. The molecular formula is C15H16O5. The fourth-order valence-electron chi connectivity index (χ4n) is 2.24. The molecule has 0 aliphatic heterocycles. The number of benzene rings is 2. The summed E-state index contributed by atoms with van der Waals surface area (Å²) in [6, 6.07) is 10.9. The molecule has 5 heteroatoms. The van der Waals surface area contributed by atoms with Crippen LogP contribution in [0.15, 0.2) is 36.4 Å². The number of hydrogen-bond acceptors (Lipinski definition) is 4. The zero-order valence-corrected chi connectivity index (χ0v) is 11.0. The number of rotatable bonds is 5. The van der Waals surface area contributed by atoms with Crippen LogP contribution in [0.5, 0.6) is 5.75 Å². The molecule has 0 amide bonds. The minimum atomic E-state index is -1.40. The molecule has 20 heavy (non-hydrogen) atoms. The number of hydrogen-bond donors (Lipinski definition) is 3. The highest BCUT2D eigenvalue weighted by Gasteiger charge is 2.25. The molecule has 2 unspecified atom stereocenters. The van der Waals surface area contributed by atoms with Crippen molar-refractivity contribution in [3.63, 3.8) is 0 Å². The Morgan fingerprint density at radius 2 is 1.90 bits per heavy atom. The second-order valence-electron chi connectivity index (χ2n) is 4.51. The van der Waals surface area contributed by atoms with Crippen LogP contribution < -0.4 is 4.74 Å². The normalized spacial score (nSPS) is 13.9. The molecule has 2 aromatic carbocycles. The van der Waals surface area contributed by atoms with E-state index in [1.165, 1.54) is 7.11 Å². The van der Waals surface area contributed by atoms with E-state index in [4.69, 9.17) is 9.84 Å². The SMILES string of the molecule is COc1ccc2ccccc2c1C(O)C(O)CC(=O)O. The third kappa shape index (κ3) is 2.74. The number of carboxylic acids is 1. The average molecular weight is 276 g/mol. The van der Waals surface area contributed by atoms with Gasteiger partial charge in [0.25, 0.3) is 0 Å². The van der Waals surface area contributed by atoms with Crippen molar-refractivity contribution in [2.45, 2.75) is 18.6 Å². The lowest BCUT2D eigenvalue weighted by Crippen LogP contribution is -2.22. The van der Waals surface area contributed by atoms with Gasteiger partial charge in [0.15, 0.2) is 0 Å². The van der Waals surface area contributed by atoms with E-state index in [1.54, 1.807) is 12.1 Å². The molecule has 0 aliphatic carbocycles. The summed E-state index contributed by atoms with van der Waals surface area (Å²) in [5.41, 5.74) is 0.402. The van der Waals surface area contributed by atoms with Gasteiger partial charge in [-0.1, -0.05) is 30.3 Å². The molecule has 0 spiro atoms. The quantitative estimate of drug-likeness (QED) is 0.774. The first kappa shape index (κ1) is 14.3. The van der Waals surface area contributed by atoms with E-state index >= 15 is 0 Å². The lowest BCUT2D eigenvalue weighted by atomic mass is 9.95. The van der Waals surface area contributed by atoms with E-state index in [-0.39, 0.29) is 0 Å². The van der Waals surface area contributed by atoms with Gasteiger partial charge >= 0.3 is 5.97 Å². The van der Waals surface area contributed by atoms with Crippen molar-refractivity contribution >= 4 is 16.7 Å². The first-order valence-corrected chi connectivity index (χ1v) is 6.18. The minimum Gasteiger partial charge on any atom is -0.496 e. The van der Waals surface area contributed by atoms with Crippen molar-refractivity contribution in [2.75, 3.05) is 7.11 Å². The van der Waals surface area contributed by atoms with Crippen molar-refractivity contribution in [3.8, 4) is 5.75 Å². The molecule has 0 heterocycles. The summed E-state index contributed by atoms with van der Waals surface area (Å²) < 4.78 is 5.21. The molecule has 5 nitrogen and oxygen atoms in total. The molecule has 0 saturated carbocycles. The zero-order chi connectivity index (χ0) is 14.7. The average Bonchev–Trinajstić information content (AvgIpc) is 2.44. The maximum atomic E-state index is 10.7. The van der Waals surface area contributed by atoms with Gasteiger partial charge in [0, 0.05) is 5.56 Å². The maximum absolute atomic E-state index is 10.7. The predicted molar refractivity (Wildman–Crippen MR) is 73.7 cm³/mol. The molecule has 106 valence electrons. The third-order valence-corrected chi connectivity index (χ3v) is 3.19. The van der Waals surface area contributed by atoms with Crippen LogP contribution in [0.4, 0.5) is 0 Å². The van der Waals surface area contributed by atoms with E-state index in [9.17, 15) is 15.0 Å². The van der Waals surface area contributed by atoms with Crippen LogP contribution in [0.1, 0.15) is 18.1 Å². The van der Waals surface area contributed by atoms with Crippen LogP contribution in [0.25, 0.3) is 10.8 Å².